The van der Waals surface area contributed by atoms with Gasteiger partial charge in [-0.1, -0.05) is 13.0 Å². The Labute approximate surface area is 165 Å². The van der Waals surface area contributed by atoms with Crippen molar-refractivity contribution in [3.8, 4) is 23.0 Å². The molecule has 1 atom stereocenters. The van der Waals surface area contributed by atoms with E-state index in [4.69, 9.17) is 18.9 Å². The van der Waals surface area contributed by atoms with Crippen LogP contribution >= 0.6 is 0 Å². The molecule has 1 aliphatic heterocycles. The summed E-state index contributed by atoms with van der Waals surface area (Å²) in [6, 6.07) is 10.5. The van der Waals surface area contributed by atoms with Gasteiger partial charge in [0.2, 0.25) is 5.89 Å². The molecule has 0 spiro atoms. The van der Waals surface area contributed by atoms with Gasteiger partial charge in [0.15, 0.2) is 11.5 Å². The Morgan fingerprint density at radius 1 is 1.14 bits per heavy atom. The minimum Gasteiger partial charge on any atom is -0.493 e. The second-order valence-corrected chi connectivity index (χ2v) is 7.08. The average Bonchev–Trinajstić information content (AvgIpc) is 3.34. The number of oxazole rings is 1. The molecule has 28 heavy (non-hydrogen) atoms. The molecule has 0 saturated heterocycles. The van der Waals surface area contributed by atoms with Gasteiger partial charge >= 0.3 is 0 Å². The van der Waals surface area contributed by atoms with Crippen LogP contribution in [0.15, 0.2) is 40.9 Å². The lowest BCUT2D eigenvalue weighted by Gasteiger charge is -2.36. The van der Waals surface area contributed by atoms with Crippen LogP contribution in [-0.4, -0.2) is 35.2 Å². The highest BCUT2D eigenvalue weighted by Crippen LogP contribution is 2.38. The number of ether oxygens (including phenoxy) is 2. The predicted octanol–water partition coefficient (Wildman–Crippen LogP) is 4.44. The number of hydrogen-bond acceptors (Lipinski definition) is 5. The predicted molar refractivity (Wildman–Crippen MR) is 108 cm³/mol. The molecule has 0 bridgehead atoms. The maximum absolute atomic E-state index is 6.03. The summed E-state index contributed by atoms with van der Waals surface area (Å²) in [7, 11) is 3.26. The third-order valence-electron chi connectivity index (χ3n) is 5.54. The zero-order valence-electron chi connectivity index (χ0n) is 16.9. The first-order valence-corrected chi connectivity index (χ1v) is 9.73. The Morgan fingerprint density at radius 2 is 2.00 bits per heavy atom. The lowest BCUT2D eigenvalue weighted by molar-refractivity contribution is 0.142. The van der Waals surface area contributed by atoms with Crippen molar-refractivity contribution in [3.05, 3.63) is 53.7 Å². The highest BCUT2D eigenvalue weighted by molar-refractivity contribution is 5.68. The summed E-state index contributed by atoms with van der Waals surface area (Å²) in [4.78, 5) is 7.31. The molecule has 2 aromatic heterocycles. The number of benzene rings is 1. The quantitative estimate of drug-likeness (QED) is 0.632. The first-order chi connectivity index (χ1) is 13.7. The van der Waals surface area contributed by atoms with Crippen LogP contribution in [0, 0.1) is 6.92 Å². The third kappa shape index (κ3) is 3.18. The smallest absolute Gasteiger partial charge is 0.230 e. The van der Waals surface area contributed by atoms with E-state index in [0.717, 1.165) is 43.1 Å². The maximum Gasteiger partial charge on any atom is 0.230 e. The van der Waals surface area contributed by atoms with E-state index in [-0.39, 0.29) is 0 Å². The Kier molecular flexibility index (Phi) is 5.13. The van der Waals surface area contributed by atoms with Crippen molar-refractivity contribution in [2.24, 2.45) is 0 Å². The Bertz CT molecular complexity index is 960. The number of nitrogens with zero attached hydrogens (tertiary/aromatic N) is 3. The molecule has 6 heteroatoms. The van der Waals surface area contributed by atoms with Crippen molar-refractivity contribution in [2.45, 2.75) is 39.4 Å². The van der Waals surface area contributed by atoms with E-state index in [9.17, 15) is 0 Å². The zero-order valence-corrected chi connectivity index (χ0v) is 16.9. The van der Waals surface area contributed by atoms with Crippen LogP contribution in [-0.2, 0) is 13.1 Å². The summed E-state index contributed by atoms with van der Waals surface area (Å²) < 4.78 is 19.3. The van der Waals surface area contributed by atoms with Gasteiger partial charge in [0.1, 0.15) is 5.76 Å². The first kappa shape index (κ1) is 18.6. The standard InChI is InChI=1S/C22H27N3O3/c1-5-18-19-9-7-11-24(19)12-13-25(18)14-17-15(2)28-22(23-17)16-8-6-10-20(26-3)21(16)27-4/h6-11,18H,5,12-14H2,1-4H3. The molecular weight excluding hydrogens is 354 g/mol. The molecule has 1 aliphatic rings. The largest absolute Gasteiger partial charge is 0.493 e. The van der Waals surface area contributed by atoms with Gasteiger partial charge in [-0.2, -0.15) is 0 Å². The molecule has 3 aromatic rings. The number of aromatic nitrogens is 2. The van der Waals surface area contributed by atoms with Gasteiger partial charge in [0.05, 0.1) is 31.5 Å². The number of aryl methyl sites for hydroxylation is 1. The Balaban J connectivity index is 1.63. The lowest BCUT2D eigenvalue weighted by atomic mass is 10.1. The SMILES string of the molecule is CCC1c2cccn2CCN1Cc1nc(-c2cccc(OC)c2OC)oc1C. The fraction of sp³-hybridized carbons (Fsp3) is 0.409. The van der Waals surface area contributed by atoms with Crippen molar-refractivity contribution in [2.75, 3.05) is 20.8 Å². The maximum atomic E-state index is 6.03. The summed E-state index contributed by atoms with van der Waals surface area (Å²) in [6.07, 6.45) is 3.24. The van der Waals surface area contributed by atoms with E-state index < -0.39 is 0 Å². The average molecular weight is 381 g/mol. The highest BCUT2D eigenvalue weighted by atomic mass is 16.5. The molecule has 0 fully saturated rings. The van der Waals surface area contributed by atoms with Crippen LogP contribution < -0.4 is 9.47 Å². The van der Waals surface area contributed by atoms with E-state index >= 15 is 0 Å². The minimum atomic E-state index is 0.398. The second-order valence-electron chi connectivity index (χ2n) is 7.08. The van der Waals surface area contributed by atoms with Crippen molar-refractivity contribution in [3.63, 3.8) is 0 Å². The molecule has 4 rings (SSSR count). The molecule has 1 unspecified atom stereocenters. The zero-order chi connectivity index (χ0) is 19.7. The summed E-state index contributed by atoms with van der Waals surface area (Å²) in [5.74, 6) is 2.72. The van der Waals surface area contributed by atoms with E-state index in [1.54, 1.807) is 14.2 Å². The lowest BCUT2D eigenvalue weighted by Crippen LogP contribution is -2.37. The number of hydrogen-bond donors (Lipinski definition) is 0. The van der Waals surface area contributed by atoms with Crippen LogP contribution in [0.2, 0.25) is 0 Å². The van der Waals surface area contributed by atoms with E-state index in [1.807, 2.05) is 25.1 Å². The molecule has 0 radical (unpaired) electrons. The van der Waals surface area contributed by atoms with Gasteiger partial charge in [0.25, 0.3) is 0 Å². The number of fused-ring (bicyclic) bond motifs is 1. The van der Waals surface area contributed by atoms with Gasteiger partial charge in [-0.3, -0.25) is 4.90 Å². The molecule has 0 saturated carbocycles. The highest BCUT2D eigenvalue weighted by Gasteiger charge is 2.28. The molecule has 1 aromatic carbocycles. The van der Waals surface area contributed by atoms with Gasteiger partial charge in [0, 0.05) is 31.5 Å². The molecule has 6 nitrogen and oxygen atoms in total. The Hall–Kier alpha value is -2.73. The monoisotopic (exact) mass is 381 g/mol. The van der Waals surface area contributed by atoms with Crippen molar-refractivity contribution in [1.29, 1.82) is 0 Å². The number of para-hydroxylation sites is 1. The molecular formula is C22H27N3O3. The van der Waals surface area contributed by atoms with Gasteiger partial charge < -0.3 is 18.5 Å². The van der Waals surface area contributed by atoms with Crippen LogP contribution in [0.1, 0.15) is 36.5 Å². The molecule has 0 amide bonds. The van der Waals surface area contributed by atoms with Gasteiger partial charge in [-0.15, -0.1) is 0 Å². The van der Waals surface area contributed by atoms with Crippen molar-refractivity contribution < 1.29 is 13.9 Å². The molecule has 148 valence electrons. The van der Waals surface area contributed by atoms with E-state index in [0.29, 0.717) is 23.4 Å². The van der Waals surface area contributed by atoms with Crippen LogP contribution in [0.25, 0.3) is 11.5 Å². The Morgan fingerprint density at radius 3 is 2.75 bits per heavy atom. The van der Waals surface area contributed by atoms with Crippen molar-refractivity contribution in [1.82, 2.24) is 14.5 Å². The third-order valence-corrected chi connectivity index (χ3v) is 5.54. The summed E-state index contributed by atoms with van der Waals surface area (Å²) >= 11 is 0. The van der Waals surface area contributed by atoms with E-state index in [2.05, 4.69) is 34.7 Å². The first-order valence-electron chi connectivity index (χ1n) is 9.73. The normalized spacial score (nSPS) is 16.8. The fourth-order valence-corrected chi connectivity index (χ4v) is 4.11. The molecule has 0 aliphatic carbocycles. The number of rotatable bonds is 6. The summed E-state index contributed by atoms with van der Waals surface area (Å²) in [5.41, 5.74) is 3.15. The molecule has 0 N–H and O–H groups in total. The summed E-state index contributed by atoms with van der Waals surface area (Å²) in [5, 5.41) is 0. The van der Waals surface area contributed by atoms with Gasteiger partial charge in [-0.25, -0.2) is 4.98 Å². The van der Waals surface area contributed by atoms with Crippen LogP contribution in [0.5, 0.6) is 11.5 Å². The fourth-order valence-electron chi connectivity index (χ4n) is 4.11. The summed E-state index contributed by atoms with van der Waals surface area (Å²) in [6.45, 7) is 7.00. The van der Waals surface area contributed by atoms with Crippen LogP contribution in [0.4, 0.5) is 0 Å². The second kappa shape index (κ2) is 7.72. The van der Waals surface area contributed by atoms with Crippen LogP contribution in [0.3, 0.4) is 0 Å². The number of methoxy groups -OCH3 is 2. The molecule has 3 heterocycles. The minimum absolute atomic E-state index is 0.398. The van der Waals surface area contributed by atoms with E-state index in [1.165, 1.54) is 5.69 Å². The van der Waals surface area contributed by atoms with Gasteiger partial charge in [-0.05, 0) is 37.6 Å². The topological polar surface area (TPSA) is 52.7 Å². The van der Waals surface area contributed by atoms with Crippen molar-refractivity contribution >= 4 is 0 Å².